The molecule has 0 aliphatic rings. The zero-order valence-corrected chi connectivity index (χ0v) is 14.5. The van der Waals surface area contributed by atoms with Gasteiger partial charge >= 0.3 is 6.16 Å². The second-order valence-corrected chi connectivity index (χ2v) is 6.15. The Morgan fingerprint density at radius 1 is 0.750 bits per heavy atom. The van der Waals surface area contributed by atoms with E-state index in [0.29, 0.717) is 25.0 Å². The van der Waals surface area contributed by atoms with Gasteiger partial charge in [-0.25, -0.2) is 4.79 Å². The van der Waals surface area contributed by atoms with Gasteiger partial charge in [0.15, 0.2) is 0 Å². The third-order valence-electron chi connectivity index (χ3n) is 4.28. The molecule has 24 heavy (non-hydrogen) atoms. The van der Waals surface area contributed by atoms with Gasteiger partial charge in [0.25, 0.3) is 0 Å². The van der Waals surface area contributed by atoms with Gasteiger partial charge in [-0.1, -0.05) is 74.5 Å². The first-order valence-electron chi connectivity index (χ1n) is 8.56. The van der Waals surface area contributed by atoms with Gasteiger partial charge in [-0.05, 0) is 35.8 Å². The van der Waals surface area contributed by atoms with Gasteiger partial charge in [-0.15, -0.1) is 0 Å². The fourth-order valence-corrected chi connectivity index (χ4v) is 2.58. The summed E-state index contributed by atoms with van der Waals surface area (Å²) < 4.78 is 10.3. The number of hydrogen-bond acceptors (Lipinski definition) is 3. The molecule has 0 aliphatic heterocycles. The monoisotopic (exact) mass is 326 g/mol. The number of rotatable bonds is 8. The molecule has 3 nitrogen and oxygen atoms in total. The maximum Gasteiger partial charge on any atom is 0.508 e. The van der Waals surface area contributed by atoms with E-state index in [-0.39, 0.29) is 0 Å². The Bertz CT molecular complexity index is 541. The minimum Gasteiger partial charge on any atom is -0.434 e. The number of ether oxygens (including phenoxy) is 2. The Morgan fingerprint density at radius 3 is 1.50 bits per heavy atom. The lowest BCUT2D eigenvalue weighted by atomic mass is 9.98. The average Bonchev–Trinajstić information content (AvgIpc) is 2.63. The highest BCUT2D eigenvalue weighted by Gasteiger charge is 2.10. The van der Waals surface area contributed by atoms with E-state index in [1.165, 1.54) is 11.1 Å². The first kappa shape index (κ1) is 18.1. The molecule has 0 saturated carbocycles. The molecular formula is C21H26O3. The normalized spacial score (nSPS) is 13.1. The zero-order chi connectivity index (χ0) is 17.2. The topological polar surface area (TPSA) is 35.5 Å². The molecule has 2 aromatic carbocycles. The third kappa shape index (κ3) is 6.07. The first-order chi connectivity index (χ1) is 11.7. The smallest absolute Gasteiger partial charge is 0.434 e. The highest BCUT2D eigenvalue weighted by Crippen LogP contribution is 2.19. The SMILES string of the molecule is CC(CCOC(=O)OCCC(C)c1ccccc1)c1ccccc1. The van der Waals surface area contributed by atoms with E-state index in [4.69, 9.17) is 9.47 Å². The van der Waals surface area contributed by atoms with E-state index < -0.39 is 6.16 Å². The summed E-state index contributed by atoms with van der Waals surface area (Å²) in [6.45, 7) is 5.02. The Kier molecular flexibility index (Phi) is 7.34. The fourth-order valence-electron chi connectivity index (χ4n) is 2.58. The van der Waals surface area contributed by atoms with E-state index >= 15 is 0 Å². The van der Waals surface area contributed by atoms with Crippen LogP contribution in [0.3, 0.4) is 0 Å². The van der Waals surface area contributed by atoms with E-state index in [0.717, 1.165) is 12.8 Å². The van der Waals surface area contributed by atoms with Crippen LogP contribution in [0.2, 0.25) is 0 Å². The molecule has 0 saturated heterocycles. The van der Waals surface area contributed by atoms with Crippen LogP contribution in [0.5, 0.6) is 0 Å². The summed E-state index contributed by atoms with van der Waals surface area (Å²) in [5.74, 6) is 0.717. The quantitative estimate of drug-likeness (QED) is 0.599. The molecule has 0 radical (unpaired) electrons. The summed E-state index contributed by atoms with van der Waals surface area (Å²) in [4.78, 5) is 11.6. The summed E-state index contributed by atoms with van der Waals surface area (Å²) >= 11 is 0. The second kappa shape index (κ2) is 9.76. The first-order valence-corrected chi connectivity index (χ1v) is 8.56. The Labute approximate surface area is 144 Å². The van der Waals surface area contributed by atoms with Crippen molar-refractivity contribution in [2.75, 3.05) is 13.2 Å². The van der Waals surface area contributed by atoms with Crippen LogP contribution in [0, 0.1) is 0 Å². The van der Waals surface area contributed by atoms with Gasteiger partial charge in [0, 0.05) is 0 Å². The standard InChI is InChI=1S/C21H26O3/c1-17(19-9-5-3-6-10-19)13-15-23-21(22)24-16-14-18(2)20-11-7-4-8-12-20/h3-12,17-18H,13-16H2,1-2H3. The fraction of sp³-hybridized carbons (Fsp3) is 0.381. The maximum absolute atomic E-state index is 11.6. The molecule has 2 atom stereocenters. The van der Waals surface area contributed by atoms with E-state index in [1.54, 1.807) is 0 Å². The highest BCUT2D eigenvalue weighted by atomic mass is 16.7. The van der Waals surface area contributed by atoms with Gasteiger partial charge in [0.05, 0.1) is 13.2 Å². The molecule has 0 N–H and O–H groups in total. The molecule has 2 unspecified atom stereocenters. The molecule has 0 spiro atoms. The van der Waals surface area contributed by atoms with Crippen molar-refractivity contribution in [1.29, 1.82) is 0 Å². The van der Waals surface area contributed by atoms with Crippen molar-refractivity contribution in [3.63, 3.8) is 0 Å². The van der Waals surface area contributed by atoms with Crippen LogP contribution < -0.4 is 0 Å². The molecule has 0 aliphatic carbocycles. The number of hydrogen-bond donors (Lipinski definition) is 0. The van der Waals surface area contributed by atoms with Crippen molar-refractivity contribution in [1.82, 2.24) is 0 Å². The van der Waals surface area contributed by atoms with E-state index in [9.17, 15) is 4.79 Å². The predicted molar refractivity (Wildman–Crippen MR) is 96.2 cm³/mol. The van der Waals surface area contributed by atoms with Crippen LogP contribution in [0.25, 0.3) is 0 Å². The summed E-state index contributed by atoms with van der Waals surface area (Å²) in [6, 6.07) is 20.5. The van der Waals surface area contributed by atoms with Gasteiger partial charge in [-0.3, -0.25) is 0 Å². The summed E-state index contributed by atoms with van der Waals surface area (Å²) in [6.07, 6.45) is 1.01. The molecule has 2 aromatic rings. The van der Waals surface area contributed by atoms with Crippen LogP contribution >= 0.6 is 0 Å². The summed E-state index contributed by atoms with van der Waals surface area (Å²) in [5.41, 5.74) is 2.51. The highest BCUT2D eigenvalue weighted by molar-refractivity contribution is 5.59. The lowest BCUT2D eigenvalue weighted by Crippen LogP contribution is -2.12. The van der Waals surface area contributed by atoms with Gasteiger partial charge in [-0.2, -0.15) is 0 Å². The number of carbonyl (C=O) groups is 1. The third-order valence-corrected chi connectivity index (χ3v) is 4.28. The van der Waals surface area contributed by atoms with Crippen molar-refractivity contribution >= 4 is 6.16 Å². The largest absolute Gasteiger partial charge is 0.508 e. The molecule has 0 aromatic heterocycles. The molecule has 2 rings (SSSR count). The maximum atomic E-state index is 11.6. The van der Waals surface area contributed by atoms with Crippen LogP contribution in [0.15, 0.2) is 60.7 Å². The molecule has 0 amide bonds. The average molecular weight is 326 g/mol. The van der Waals surface area contributed by atoms with Crippen LogP contribution in [-0.4, -0.2) is 19.4 Å². The lowest BCUT2D eigenvalue weighted by molar-refractivity contribution is 0.0518. The van der Waals surface area contributed by atoms with Crippen molar-refractivity contribution in [2.45, 2.75) is 38.5 Å². The molecule has 0 bridgehead atoms. The Balaban J connectivity index is 1.60. The summed E-state index contributed by atoms with van der Waals surface area (Å²) in [7, 11) is 0. The molecule has 0 heterocycles. The van der Waals surface area contributed by atoms with E-state index in [2.05, 4.69) is 38.1 Å². The van der Waals surface area contributed by atoms with Gasteiger partial charge in [0.2, 0.25) is 0 Å². The minimum absolute atomic E-state index is 0.358. The summed E-state index contributed by atoms with van der Waals surface area (Å²) in [5, 5.41) is 0. The van der Waals surface area contributed by atoms with E-state index in [1.807, 2.05) is 36.4 Å². The molecular weight excluding hydrogens is 300 g/mol. The lowest BCUT2D eigenvalue weighted by Gasteiger charge is -2.13. The van der Waals surface area contributed by atoms with Crippen LogP contribution in [0.1, 0.15) is 49.7 Å². The molecule has 0 fully saturated rings. The number of benzene rings is 2. The second-order valence-electron chi connectivity index (χ2n) is 6.15. The van der Waals surface area contributed by atoms with Gasteiger partial charge < -0.3 is 9.47 Å². The Morgan fingerprint density at radius 2 is 1.12 bits per heavy atom. The zero-order valence-electron chi connectivity index (χ0n) is 14.5. The van der Waals surface area contributed by atoms with Crippen LogP contribution in [0.4, 0.5) is 4.79 Å². The Hall–Kier alpha value is -2.29. The number of carbonyl (C=O) groups excluding carboxylic acids is 1. The van der Waals surface area contributed by atoms with Crippen molar-refractivity contribution < 1.29 is 14.3 Å². The molecule has 128 valence electrons. The molecule has 3 heteroatoms. The minimum atomic E-state index is -0.574. The van der Waals surface area contributed by atoms with Crippen molar-refractivity contribution in [3.05, 3.63) is 71.8 Å². The van der Waals surface area contributed by atoms with Crippen molar-refractivity contribution in [3.8, 4) is 0 Å². The van der Waals surface area contributed by atoms with Gasteiger partial charge in [0.1, 0.15) is 0 Å². The van der Waals surface area contributed by atoms with Crippen LogP contribution in [-0.2, 0) is 9.47 Å². The predicted octanol–water partition coefficient (Wildman–Crippen LogP) is 5.53. The van der Waals surface area contributed by atoms with Crippen molar-refractivity contribution in [2.24, 2.45) is 0 Å².